The zero-order chi connectivity index (χ0) is 20.6. The average molecular weight is 414 g/mol. The smallest absolute Gasteiger partial charge is 0.237 e. The molecule has 1 heterocycles. The van der Waals surface area contributed by atoms with E-state index in [-0.39, 0.29) is 5.91 Å². The Bertz CT molecular complexity index is 928. The summed E-state index contributed by atoms with van der Waals surface area (Å²) in [4.78, 5) is 12.6. The lowest BCUT2D eigenvalue weighted by Gasteiger charge is -2.12. The fourth-order valence-electron chi connectivity index (χ4n) is 2.52. The van der Waals surface area contributed by atoms with Gasteiger partial charge in [-0.05, 0) is 79.7 Å². The Morgan fingerprint density at radius 1 is 1.03 bits per heavy atom. The standard InChI is InChI=1S/C20H23N5O3S/c1-4-27-17-10-6-15(7-11-17)21-19(26)14(3)29-20-22-23-24-25(20)16-8-12-18(13-9-16)28-5-2/h6-14H,4-5H2,1-3H3,(H,21,26). The van der Waals surface area contributed by atoms with E-state index in [2.05, 4.69) is 20.8 Å². The van der Waals surface area contributed by atoms with E-state index in [1.807, 2.05) is 69.3 Å². The predicted molar refractivity (Wildman–Crippen MR) is 112 cm³/mol. The summed E-state index contributed by atoms with van der Waals surface area (Å²) >= 11 is 1.28. The maximum absolute atomic E-state index is 12.6. The molecule has 0 fully saturated rings. The second-order valence-electron chi connectivity index (χ2n) is 6.01. The highest BCUT2D eigenvalue weighted by Crippen LogP contribution is 2.25. The van der Waals surface area contributed by atoms with Crippen molar-refractivity contribution in [3.8, 4) is 17.2 Å². The van der Waals surface area contributed by atoms with Crippen LogP contribution in [0.1, 0.15) is 20.8 Å². The summed E-state index contributed by atoms with van der Waals surface area (Å²) in [5.41, 5.74) is 1.50. The molecule has 0 radical (unpaired) electrons. The van der Waals surface area contributed by atoms with E-state index in [0.717, 1.165) is 17.2 Å². The van der Waals surface area contributed by atoms with Crippen molar-refractivity contribution in [3.63, 3.8) is 0 Å². The molecule has 0 saturated heterocycles. The molecule has 1 amide bonds. The van der Waals surface area contributed by atoms with E-state index in [1.54, 1.807) is 4.68 Å². The number of carbonyl (C=O) groups excluding carboxylic acids is 1. The van der Waals surface area contributed by atoms with Gasteiger partial charge in [-0.15, -0.1) is 5.10 Å². The number of carbonyl (C=O) groups is 1. The van der Waals surface area contributed by atoms with Crippen LogP contribution in [-0.2, 0) is 4.79 Å². The number of aromatic nitrogens is 4. The second-order valence-corrected chi connectivity index (χ2v) is 7.31. The van der Waals surface area contributed by atoms with Crippen LogP contribution in [0.2, 0.25) is 0 Å². The van der Waals surface area contributed by atoms with Gasteiger partial charge in [-0.25, -0.2) is 0 Å². The molecular formula is C20H23N5O3S. The fourth-order valence-corrected chi connectivity index (χ4v) is 3.33. The van der Waals surface area contributed by atoms with Crippen molar-refractivity contribution in [2.75, 3.05) is 18.5 Å². The molecule has 0 aliphatic heterocycles. The molecule has 3 rings (SSSR count). The van der Waals surface area contributed by atoms with E-state index in [9.17, 15) is 4.79 Å². The molecule has 0 spiro atoms. The van der Waals surface area contributed by atoms with Crippen molar-refractivity contribution in [1.29, 1.82) is 0 Å². The average Bonchev–Trinajstić information content (AvgIpc) is 3.18. The third-order valence-electron chi connectivity index (χ3n) is 3.92. The molecule has 1 N–H and O–H groups in total. The lowest BCUT2D eigenvalue weighted by molar-refractivity contribution is -0.115. The van der Waals surface area contributed by atoms with Crippen LogP contribution >= 0.6 is 11.8 Å². The summed E-state index contributed by atoms with van der Waals surface area (Å²) < 4.78 is 12.5. The van der Waals surface area contributed by atoms with Gasteiger partial charge in [0.25, 0.3) is 0 Å². The quantitative estimate of drug-likeness (QED) is 0.536. The van der Waals surface area contributed by atoms with Crippen LogP contribution < -0.4 is 14.8 Å². The predicted octanol–water partition coefficient (Wildman–Crippen LogP) is 3.58. The highest BCUT2D eigenvalue weighted by Gasteiger charge is 2.19. The Labute approximate surface area is 173 Å². The van der Waals surface area contributed by atoms with Crippen molar-refractivity contribution in [3.05, 3.63) is 48.5 Å². The molecule has 0 bridgehead atoms. The van der Waals surface area contributed by atoms with Gasteiger partial charge in [0, 0.05) is 5.69 Å². The fraction of sp³-hybridized carbons (Fsp3) is 0.300. The van der Waals surface area contributed by atoms with Gasteiger partial charge < -0.3 is 14.8 Å². The second kappa shape index (κ2) is 9.92. The van der Waals surface area contributed by atoms with Crippen molar-refractivity contribution in [2.45, 2.75) is 31.2 Å². The van der Waals surface area contributed by atoms with E-state index in [1.165, 1.54) is 11.8 Å². The third kappa shape index (κ3) is 5.47. The number of hydrogen-bond donors (Lipinski definition) is 1. The Kier molecular flexibility index (Phi) is 7.07. The van der Waals surface area contributed by atoms with Crippen molar-refractivity contribution >= 4 is 23.4 Å². The summed E-state index contributed by atoms with van der Waals surface area (Å²) in [6, 6.07) is 14.7. The first-order valence-electron chi connectivity index (χ1n) is 9.32. The number of thioether (sulfide) groups is 1. The number of nitrogens with one attached hydrogen (secondary N) is 1. The summed E-state index contributed by atoms with van der Waals surface area (Å²) in [5.74, 6) is 1.41. The van der Waals surface area contributed by atoms with E-state index in [4.69, 9.17) is 9.47 Å². The van der Waals surface area contributed by atoms with Gasteiger partial charge in [-0.2, -0.15) is 4.68 Å². The molecule has 0 aliphatic carbocycles. The maximum atomic E-state index is 12.6. The largest absolute Gasteiger partial charge is 0.494 e. The topological polar surface area (TPSA) is 91.2 Å². The van der Waals surface area contributed by atoms with Crippen LogP contribution in [-0.4, -0.2) is 44.6 Å². The van der Waals surface area contributed by atoms with Crippen molar-refractivity contribution < 1.29 is 14.3 Å². The molecule has 1 atom stereocenters. The van der Waals surface area contributed by atoms with Crippen molar-refractivity contribution in [1.82, 2.24) is 20.2 Å². The summed E-state index contributed by atoms with van der Waals surface area (Å²) in [6.07, 6.45) is 0. The summed E-state index contributed by atoms with van der Waals surface area (Å²) in [7, 11) is 0. The molecular weight excluding hydrogens is 390 g/mol. The van der Waals surface area contributed by atoms with Crippen LogP contribution in [0.4, 0.5) is 5.69 Å². The molecule has 9 heteroatoms. The molecule has 29 heavy (non-hydrogen) atoms. The molecule has 1 unspecified atom stereocenters. The first-order chi connectivity index (χ1) is 14.1. The van der Waals surface area contributed by atoms with E-state index in [0.29, 0.717) is 24.1 Å². The van der Waals surface area contributed by atoms with Gasteiger partial charge >= 0.3 is 0 Å². The molecule has 0 saturated carbocycles. The summed E-state index contributed by atoms with van der Waals surface area (Å²) in [5, 5.41) is 14.9. The Morgan fingerprint density at radius 3 is 2.21 bits per heavy atom. The van der Waals surface area contributed by atoms with E-state index >= 15 is 0 Å². The van der Waals surface area contributed by atoms with Crippen LogP contribution in [0.15, 0.2) is 53.7 Å². The Morgan fingerprint density at radius 2 is 1.62 bits per heavy atom. The highest BCUT2D eigenvalue weighted by molar-refractivity contribution is 8.00. The van der Waals surface area contributed by atoms with Gasteiger partial charge in [0.2, 0.25) is 11.1 Å². The van der Waals surface area contributed by atoms with Gasteiger partial charge in [-0.1, -0.05) is 11.8 Å². The number of tetrazole rings is 1. The van der Waals surface area contributed by atoms with Crippen LogP contribution in [0.5, 0.6) is 11.5 Å². The minimum Gasteiger partial charge on any atom is -0.494 e. The van der Waals surface area contributed by atoms with Crippen LogP contribution in [0.3, 0.4) is 0 Å². The number of anilines is 1. The Balaban J connectivity index is 1.64. The van der Waals surface area contributed by atoms with Gasteiger partial charge in [0.1, 0.15) is 11.5 Å². The first kappa shape index (κ1) is 20.7. The maximum Gasteiger partial charge on any atom is 0.237 e. The zero-order valence-electron chi connectivity index (χ0n) is 16.5. The SMILES string of the molecule is CCOc1ccc(NC(=O)C(C)Sc2nnnn2-c2ccc(OCC)cc2)cc1. The van der Waals surface area contributed by atoms with Gasteiger partial charge in [0.05, 0.1) is 24.2 Å². The number of benzene rings is 2. The van der Waals surface area contributed by atoms with Crippen LogP contribution in [0.25, 0.3) is 5.69 Å². The highest BCUT2D eigenvalue weighted by atomic mass is 32.2. The minimum atomic E-state index is -0.394. The molecule has 1 aromatic heterocycles. The molecule has 0 aliphatic rings. The minimum absolute atomic E-state index is 0.139. The monoisotopic (exact) mass is 413 g/mol. The Hall–Kier alpha value is -3.07. The molecule has 8 nitrogen and oxygen atoms in total. The summed E-state index contributed by atoms with van der Waals surface area (Å²) in [6.45, 7) is 6.87. The normalized spacial score (nSPS) is 11.7. The number of nitrogens with zero attached hydrogens (tertiary/aromatic N) is 4. The lowest BCUT2D eigenvalue weighted by Crippen LogP contribution is -2.22. The number of amides is 1. The van der Waals surface area contributed by atoms with Gasteiger partial charge in [0.15, 0.2) is 0 Å². The zero-order valence-corrected chi connectivity index (χ0v) is 17.3. The number of rotatable bonds is 9. The molecule has 3 aromatic rings. The lowest BCUT2D eigenvalue weighted by atomic mass is 10.3. The van der Waals surface area contributed by atoms with Crippen LogP contribution in [0, 0.1) is 0 Å². The molecule has 2 aromatic carbocycles. The number of hydrogen-bond acceptors (Lipinski definition) is 7. The molecule has 152 valence electrons. The van der Waals surface area contributed by atoms with Gasteiger partial charge in [-0.3, -0.25) is 4.79 Å². The van der Waals surface area contributed by atoms with E-state index < -0.39 is 5.25 Å². The first-order valence-corrected chi connectivity index (χ1v) is 10.2. The third-order valence-corrected chi connectivity index (χ3v) is 4.95. The number of ether oxygens (including phenoxy) is 2. The van der Waals surface area contributed by atoms with Crippen molar-refractivity contribution in [2.24, 2.45) is 0 Å².